The number of hydrogen-bond donors (Lipinski definition) is 0. The number of carbonyl (C=O) groups excluding carboxylic acids is 1. The van der Waals surface area contributed by atoms with Crippen LogP contribution >= 0.6 is 0 Å². The molecule has 1 saturated heterocycles. The smallest absolute Gasteiger partial charge is 0.222 e. The fourth-order valence-electron chi connectivity index (χ4n) is 2.71. The maximum Gasteiger partial charge on any atom is 0.222 e. The summed E-state index contributed by atoms with van der Waals surface area (Å²) in [5.74, 6) is 1.06. The molecule has 0 saturated carbocycles. The largest absolute Gasteiger partial charge is 0.494 e. The molecule has 1 amide bonds. The highest BCUT2D eigenvalue weighted by Gasteiger charge is 2.32. The third kappa shape index (κ3) is 4.22. The van der Waals surface area contributed by atoms with Crippen LogP contribution in [0.2, 0.25) is 0 Å². The molecule has 22 heavy (non-hydrogen) atoms. The Labute approximate surface area is 132 Å². The highest BCUT2D eigenvalue weighted by Crippen LogP contribution is 2.21. The fourth-order valence-corrected chi connectivity index (χ4v) is 4.48. The summed E-state index contributed by atoms with van der Waals surface area (Å²) in [7, 11) is -1.27. The van der Waals surface area contributed by atoms with Crippen LogP contribution < -0.4 is 4.74 Å². The van der Waals surface area contributed by atoms with E-state index in [1.807, 2.05) is 31.2 Å². The quantitative estimate of drug-likeness (QED) is 0.798. The Bertz CT molecular complexity index is 627. The van der Waals surface area contributed by atoms with Gasteiger partial charge in [0.2, 0.25) is 5.91 Å². The van der Waals surface area contributed by atoms with Crippen molar-refractivity contribution < 1.29 is 17.9 Å². The summed E-state index contributed by atoms with van der Waals surface area (Å²) in [6, 6.07) is 7.51. The Balaban J connectivity index is 1.93. The van der Waals surface area contributed by atoms with Gasteiger partial charge in [-0.15, -0.1) is 0 Å². The predicted molar refractivity (Wildman–Crippen MR) is 85.8 cm³/mol. The van der Waals surface area contributed by atoms with Crippen LogP contribution in [0.1, 0.15) is 25.3 Å². The Morgan fingerprint density at radius 1 is 1.36 bits per heavy atom. The van der Waals surface area contributed by atoms with Crippen molar-refractivity contribution in [2.24, 2.45) is 0 Å². The Kier molecular flexibility index (Phi) is 5.45. The number of rotatable bonds is 6. The molecule has 6 heteroatoms. The van der Waals surface area contributed by atoms with Crippen molar-refractivity contribution in [2.75, 3.05) is 25.2 Å². The van der Waals surface area contributed by atoms with Crippen LogP contribution in [0.4, 0.5) is 0 Å². The van der Waals surface area contributed by atoms with Crippen LogP contribution in [-0.4, -0.2) is 50.4 Å². The topological polar surface area (TPSA) is 63.7 Å². The Hall–Kier alpha value is -1.56. The fraction of sp³-hybridized carbons (Fsp3) is 0.562. The van der Waals surface area contributed by atoms with E-state index in [4.69, 9.17) is 4.74 Å². The van der Waals surface area contributed by atoms with Crippen LogP contribution in [0.3, 0.4) is 0 Å². The van der Waals surface area contributed by atoms with Gasteiger partial charge in [-0.2, -0.15) is 0 Å². The minimum absolute atomic E-state index is 0.0200. The first-order valence-corrected chi connectivity index (χ1v) is 9.42. The van der Waals surface area contributed by atoms with Gasteiger partial charge in [0, 0.05) is 19.5 Å². The third-order valence-electron chi connectivity index (χ3n) is 4.03. The van der Waals surface area contributed by atoms with Gasteiger partial charge in [-0.05, 0) is 31.4 Å². The maximum atomic E-state index is 12.3. The molecular formula is C16H23NO4S. The van der Waals surface area contributed by atoms with Crippen molar-refractivity contribution in [3.05, 3.63) is 29.8 Å². The molecule has 1 aliphatic heterocycles. The number of nitrogens with zero attached hydrogens (tertiary/aromatic N) is 1. The van der Waals surface area contributed by atoms with Crippen molar-refractivity contribution in [2.45, 2.75) is 32.2 Å². The summed E-state index contributed by atoms with van der Waals surface area (Å²) in [6.45, 7) is 2.51. The van der Waals surface area contributed by atoms with Gasteiger partial charge in [0.05, 0.1) is 18.1 Å². The van der Waals surface area contributed by atoms with E-state index in [9.17, 15) is 13.2 Å². The van der Waals surface area contributed by atoms with Crippen LogP contribution in [0.5, 0.6) is 5.75 Å². The first-order valence-electron chi connectivity index (χ1n) is 7.59. The summed E-state index contributed by atoms with van der Waals surface area (Å²) < 4.78 is 28.6. The molecule has 1 atom stereocenters. The van der Waals surface area contributed by atoms with Crippen LogP contribution in [-0.2, 0) is 21.1 Å². The van der Waals surface area contributed by atoms with Crippen LogP contribution in [0.25, 0.3) is 0 Å². The van der Waals surface area contributed by atoms with Gasteiger partial charge in [-0.3, -0.25) is 4.79 Å². The molecule has 0 aliphatic carbocycles. The average molecular weight is 325 g/mol. The molecule has 1 heterocycles. The highest BCUT2D eigenvalue weighted by molar-refractivity contribution is 7.91. The Morgan fingerprint density at radius 3 is 2.73 bits per heavy atom. The monoisotopic (exact) mass is 325 g/mol. The number of carbonyl (C=O) groups is 1. The molecule has 1 fully saturated rings. The van der Waals surface area contributed by atoms with Gasteiger partial charge in [0.1, 0.15) is 5.75 Å². The first kappa shape index (κ1) is 16.8. The van der Waals surface area contributed by atoms with Gasteiger partial charge in [-0.25, -0.2) is 8.42 Å². The lowest BCUT2D eigenvalue weighted by Gasteiger charge is -2.23. The summed E-state index contributed by atoms with van der Waals surface area (Å²) in [5, 5.41) is 0. The molecule has 2 rings (SSSR count). The van der Waals surface area contributed by atoms with Crippen LogP contribution in [0, 0.1) is 0 Å². The van der Waals surface area contributed by atoms with E-state index in [2.05, 4.69) is 0 Å². The zero-order valence-corrected chi connectivity index (χ0v) is 13.9. The second-order valence-electron chi connectivity index (χ2n) is 5.60. The van der Waals surface area contributed by atoms with E-state index in [0.717, 1.165) is 11.3 Å². The second-order valence-corrected chi connectivity index (χ2v) is 7.83. The summed E-state index contributed by atoms with van der Waals surface area (Å²) in [4.78, 5) is 13.9. The van der Waals surface area contributed by atoms with E-state index < -0.39 is 9.84 Å². The number of sulfone groups is 1. The lowest BCUT2D eigenvalue weighted by molar-refractivity contribution is -0.131. The average Bonchev–Trinajstić information content (AvgIpc) is 2.85. The normalized spacial score (nSPS) is 19.8. The standard InChI is InChI=1S/C16H23NO4S/c1-3-21-15-7-5-4-6-13(15)8-9-16(18)17(2)14-10-11-22(19,20)12-14/h4-7,14H,3,8-12H2,1-2H3. The molecule has 1 aliphatic rings. The molecule has 5 nitrogen and oxygen atoms in total. The predicted octanol–water partition coefficient (Wildman–Crippen LogP) is 1.66. The second kappa shape index (κ2) is 7.13. The van der Waals surface area contributed by atoms with Crippen molar-refractivity contribution in [1.82, 2.24) is 4.90 Å². The van der Waals surface area contributed by atoms with E-state index in [-0.39, 0.29) is 23.5 Å². The number of aryl methyl sites for hydroxylation is 1. The van der Waals surface area contributed by atoms with E-state index in [1.54, 1.807) is 11.9 Å². The van der Waals surface area contributed by atoms with Crippen molar-refractivity contribution in [1.29, 1.82) is 0 Å². The molecule has 1 unspecified atom stereocenters. The first-order chi connectivity index (χ1) is 10.4. The lowest BCUT2D eigenvalue weighted by Crippen LogP contribution is -2.37. The molecule has 1 aromatic carbocycles. The number of ether oxygens (including phenoxy) is 1. The van der Waals surface area contributed by atoms with E-state index in [1.165, 1.54) is 0 Å². The molecule has 122 valence electrons. The highest BCUT2D eigenvalue weighted by atomic mass is 32.2. The number of para-hydroxylation sites is 1. The minimum Gasteiger partial charge on any atom is -0.494 e. The zero-order valence-electron chi connectivity index (χ0n) is 13.1. The van der Waals surface area contributed by atoms with Crippen LogP contribution in [0.15, 0.2) is 24.3 Å². The number of benzene rings is 1. The van der Waals surface area contributed by atoms with Gasteiger partial charge in [0.25, 0.3) is 0 Å². The van der Waals surface area contributed by atoms with E-state index >= 15 is 0 Å². The van der Waals surface area contributed by atoms with Gasteiger partial charge in [-0.1, -0.05) is 18.2 Å². The molecule has 0 radical (unpaired) electrons. The molecule has 0 N–H and O–H groups in total. The minimum atomic E-state index is -2.97. The SMILES string of the molecule is CCOc1ccccc1CCC(=O)N(C)C1CCS(=O)(=O)C1. The summed E-state index contributed by atoms with van der Waals surface area (Å²) in [6.07, 6.45) is 1.50. The van der Waals surface area contributed by atoms with Gasteiger partial charge >= 0.3 is 0 Å². The lowest BCUT2D eigenvalue weighted by atomic mass is 10.1. The number of amides is 1. The van der Waals surface area contributed by atoms with Gasteiger partial charge < -0.3 is 9.64 Å². The molecule has 0 spiro atoms. The van der Waals surface area contributed by atoms with Crippen molar-refractivity contribution in [3.63, 3.8) is 0 Å². The summed E-state index contributed by atoms with van der Waals surface area (Å²) in [5.41, 5.74) is 1.00. The van der Waals surface area contributed by atoms with E-state index in [0.29, 0.717) is 25.9 Å². The van der Waals surface area contributed by atoms with Crippen molar-refractivity contribution >= 4 is 15.7 Å². The van der Waals surface area contributed by atoms with Crippen molar-refractivity contribution in [3.8, 4) is 5.75 Å². The number of hydrogen-bond acceptors (Lipinski definition) is 4. The molecule has 0 aromatic heterocycles. The maximum absolute atomic E-state index is 12.3. The Morgan fingerprint density at radius 2 is 2.09 bits per heavy atom. The molecule has 1 aromatic rings. The molecular weight excluding hydrogens is 302 g/mol. The molecule has 0 bridgehead atoms. The van der Waals surface area contributed by atoms with Gasteiger partial charge in [0.15, 0.2) is 9.84 Å². The summed E-state index contributed by atoms with van der Waals surface area (Å²) >= 11 is 0. The zero-order chi connectivity index (χ0) is 16.2. The third-order valence-corrected chi connectivity index (χ3v) is 5.78.